The molecule has 0 bridgehead atoms. The van der Waals surface area contributed by atoms with E-state index in [-0.39, 0.29) is 13.0 Å². The first-order chi connectivity index (χ1) is 9.47. The molecule has 2 aromatic rings. The fraction of sp³-hybridized carbons (Fsp3) is 0.500. The van der Waals surface area contributed by atoms with Gasteiger partial charge in [-0.1, -0.05) is 25.1 Å². The number of para-hydroxylation sites is 1. The molecule has 1 aromatic carbocycles. The van der Waals surface area contributed by atoms with Crippen molar-refractivity contribution in [3.8, 4) is 0 Å². The molecular weight excluding hydrogens is 267 g/mol. The summed E-state index contributed by atoms with van der Waals surface area (Å²) in [7, 11) is 0. The van der Waals surface area contributed by atoms with Gasteiger partial charge in [-0.25, -0.2) is 0 Å². The number of hydrogen-bond donors (Lipinski definition) is 1. The molecule has 0 aliphatic carbocycles. The van der Waals surface area contributed by atoms with Crippen LogP contribution in [0.25, 0.3) is 10.9 Å². The van der Waals surface area contributed by atoms with Gasteiger partial charge in [0.05, 0.1) is 11.2 Å². The molecule has 1 heterocycles. The first-order valence-electron chi connectivity index (χ1n) is 6.71. The maximum Gasteiger partial charge on any atom is 0.404 e. The maximum absolute atomic E-state index is 13.0. The molecule has 0 amide bonds. The van der Waals surface area contributed by atoms with E-state index < -0.39 is 12.2 Å². The van der Waals surface area contributed by atoms with Gasteiger partial charge >= 0.3 is 6.18 Å². The van der Waals surface area contributed by atoms with Gasteiger partial charge in [0.2, 0.25) is 0 Å². The number of fused-ring (bicyclic) bond motifs is 1. The van der Waals surface area contributed by atoms with Crippen molar-refractivity contribution < 1.29 is 13.2 Å². The molecule has 1 N–H and O–H groups in total. The monoisotopic (exact) mass is 285 g/mol. The summed E-state index contributed by atoms with van der Waals surface area (Å²) in [4.78, 5) is 0. The smallest absolute Gasteiger partial charge is 0.306 e. The topological polar surface area (TPSA) is 29.9 Å². The van der Waals surface area contributed by atoms with Gasteiger partial charge in [0.15, 0.2) is 0 Å². The van der Waals surface area contributed by atoms with Gasteiger partial charge in [-0.3, -0.25) is 4.68 Å². The molecule has 2 rings (SSSR count). The zero-order valence-corrected chi connectivity index (χ0v) is 11.5. The lowest BCUT2D eigenvalue weighted by Crippen LogP contribution is -2.43. The molecule has 110 valence electrons. The second-order valence-electron chi connectivity index (χ2n) is 4.64. The fourth-order valence-electron chi connectivity index (χ4n) is 2.33. The summed E-state index contributed by atoms with van der Waals surface area (Å²) in [6, 6.07) is 5.83. The van der Waals surface area contributed by atoms with E-state index in [1.165, 1.54) is 0 Å². The van der Waals surface area contributed by atoms with Crippen LogP contribution in [0.3, 0.4) is 0 Å². The molecule has 0 spiro atoms. The second kappa shape index (κ2) is 5.83. The van der Waals surface area contributed by atoms with Gasteiger partial charge in [-0.15, -0.1) is 0 Å². The highest BCUT2D eigenvalue weighted by Crippen LogP contribution is 2.26. The summed E-state index contributed by atoms with van der Waals surface area (Å²) in [5.41, 5.74) is 1.37. The highest BCUT2D eigenvalue weighted by molar-refractivity contribution is 5.82. The van der Waals surface area contributed by atoms with E-state index in [1.54, 1.807) is 11.6 Å². The zero-order valence-electron chi connectivity index (χ0n) is 11.5. The number of aromatic nitrogens is 2. The Bertz CT molecular complexity index is 575. The van der Waals surface area contributed by atoms with Crippen molar-refractivity contribution in [2.45, 2.75) is 39.0 Å². The SMILES string of the molecule is CCNC(Cc1nn(CC)c2ccccc12)C(F)(F)F. The standard InChI is InChI=1S/C14H18F3N3/c1-3-18-13(14(15,16)17)9-11-10-7-5-6-8-12(10)20(4-2)19-11/h5-8,13,18H,3-4,9H2,1-2H3. The summed E-state index contributed by atoms with van der Waals surface area (Å²) >= 11 is 0. The van der Waals surface area contributed by atoms with Crippen LogP contribution >= 0.6 is 0 Å². The molecule has 0 radical (unpaired) electrons. The van der Waals surface area contributed by atoms with Gasteiger partial charge in [-0.05, 0) is 19.5 Å². The Kier molecular flexibility index (Phi) is 4.32. The number of rotatable bonds is 5. The van der Waals surface area contributed by atoms with Crippen molar-refractivity contribution in [1.82, 2.24) is 15.1 Å². The van der Waals surface area contributed by atoms with Gasteiger partial charge in [0, 0.05) is 18.4 Å². The van der Waals surface area contributed by atoms with Gasteiger partial charge in [-0.2, -0.15) is 18.3 Å². The molecular formula is C14H18F3N3. The summed E-state index contributed by atoms with van der Waals surface area (Å²) < 4.78 is 40.7. The maximum atomic E-state index is 13.0. The van der Waals surface area contributed by atoms with Crippen molar-refractivity contribution >= 4 is 10.9 Å². The summed E-state index contributed by atoms with van der Waals surface area (Å²) in [5, 5.41) is 7.60. The van der Waals surface area contributed by atoms with Crippen LogP contribution in [-0.2, 0) is 13.0 Å². The normalized spacial score (nSPS) is 13.8. The molecule has 0 aliphatic rings. The second-order valence-corrected chi connectivity index (χ2v) is 4.64. The van der Waals surface area contributed by atoms with Gasteiger partial charge in [0.1, 0.15) is 6.04 Å². The van der Waals surface area contributed by atoms with Crippen LogP contribution < -0.4 is 5.32 Å². The Morgan fingerprint density at radius 2 is 1.95 bits per heavy atom. The third-order valence-corrected chi connectivity index (χ3v) is 3.28. The number of hydrogen-bond acceptors (Lipinski definition) is 2. The average Bonchev–Trinajstić information content (AvgIpc) is 2.76. The highest BCUT2D eigenvalue weighted by atomic mass is 19.4. The molecule has 0 fully saturated rings. The summed E-state index contributed by atoms with van der Waals surface area (Å²) in [5.74, 6) is 0. The number of aryl methyl sites for hydroxylation is 1. The fourth-order valence-corrected chi connectivity index (χ4v) is 2.33. The molecule has 3 nitrogen and oxygen atoms in total. The van der Waals surface area contributed by atoms with E-state index in [0.29, 0.717) is 12.2 Å². The van der Waals surface area contributed by atoms with E-state index >= 15 is 0 Å². The first-order valence-corrected chi connectivity index (χ1v) is 6.71. The van der Waals surface area contributed by atoms with Gasteiger partial charge < -0.3 is 5.32 Å². The van der Waals surface area contributed by atoms with Gasteiger partial charge in [0.25, 0.3) is 0 Å². The average molecular weight is 285 g/mol. The lowest BCUT2D eigenvalue weighted by Gasteiger charge is -2.20. The highest BCUT2D eigenvalue weighted by Gasteiger charge is 2.39. The number of benzene rings is 1. The number of nitrogens with zero attached hydrogens (tertiary/aromatic N) is 2. The van der Waals surface area contributed by atoms with Crippen molar-refractivity contribution in [3.63, 3.8) is 0 Å². The van der Waals surface area contributed by atoms with E-state index in [9.17, 15) is 13.2 Å². The molecule has 0 saturated heterocycles. The van der Waals surface area contributed by atoms with E-state index in [1.807, 2.05) is 31.2 Å². The third-order valence-electron chi connectivity index (χ3n) is 3.28. The number of likely N-dealkylation sites (N-methyl/N-ethyl adjacent to an activating group) is 1. The van der Waals surface area contributed by atoms with Crippen LogP contribution in [0, 0.1) is 0 Å². The minimum absolute atomic E-state index is 0.148. The van der Waals surface area contributed by atoms with E-state index in [4.69, 9.17) is 0 Å². The number of halogens is 3. The zero-order chi connectivity index (χ0) is 14.8. The molecule has 6 heteroatoms. The van der Waals surface area contributed by atoms with Crippen molar-refractivity contribution in [2.24, 2.45) is 0 Å². The predicted molar refractivity (Wildman–Crippen MR) is 72.6 cm³/mol. The Morgan fingerprint density at radius 3 is 2.55 bits per heavy atom. The Balaban J connectivity index is 2.37. The lowest BCUT2D eigenvalue weighted by atomic mass is 10.1. The Hall–Kier alpha value is -1.56. The number of nitrogens with one attached hydrogen (secondary N) is 1. The first kappa shape index (κ1) is 14.8. The minimum atomic E-state index is -4.27. The van der Waals surface area contributed by atoms with Crippen molar-refractivity contribution in [2.75, 3.05) is 6.54 Å². The molecule has 20 heavy (non-hydrogen) atoms. The van der Waals surface area contributed by atoms with E-state index in [2.05, 4.69) is 10.4 Å². The molecule has 1 unspecified atom stereocenters. The van der Waals surface area contributed by atoms with Crippen LogP contribution in [0.15, 0.2) is 24.3 Å². The molecule has 1 aromatic heterocycles. The largest absolute Gasteiger partial charge is 0.404 e. The van der Waals surface area contributed by atoms with Crippen LogP contribution in [0.1, 0.15) is 19.5 Å². The minimum Gasteiger partial charge on any atom is -0.306 e. The summed E-state index contributed by atoms with van der Waals surface area (Å²) in [6.45, 7) is 4.51. The third kappa shape index (κ3) is 2.95. The van der Waals surface area contributed by atoms with Crippen molar-refractivity contribution in [1.29, 1.82) is 0 Å². The molecule has 0 aliphatic heterocycles. The van der Waals surface area contributed by atoms with E-state index in [0.717, 1.165) is 10.9 Å². The van der Waals surface area contributed by atoms with Crippen molar-refractivity contribution in [3.05, 3.63) is 30.0 Å². The number of alkyl halides is 3. The van der Waals surface area contributed by atoms with Crippen LogP contribution in [0.2, 0.25) is 0 Å². The van der Waals surface area contributed by atoms with Crippen LogP contribution in [-0.4, -0.2) is 28.5 Å². The predicted octanol–water partition coefficient (Wildman–Crippen LogP) is 3.14. The lowest BCUT2D eigenvalue weighted by molar-refractivity contribution is -0.155. The van der Waals surface area contributed by atoms with Crippen LogP contribution in [0.4, 0.5) is 13.2 Å². The summed E-state index contributed by atoms with van der Waals surface area (Å²) in [6.07, 6.45) is -4.42. The molecule has 0 saturated carbocycles. The van der Waals surface area contributed by atoms with Crippen LogP contribution in [0.5, 0.6) is 0 Å². The molecule has 1 atom stereocenters. The Labute approximate surface area is 115 Å². The Morgan fingerprint density at radius 1 is 1.25 bits per heavy atom. The quantitative estimate of drug-likeness (QED) is 0.914.